The topological polar surface area (TPSA) is 69.0 Å². The molecule has 162 valence electrons. The molecule has 0 aliphatic carbocycles. The number of nitrogens with zero attached hydrogens (tertiary/aromatic N) is 3. The van der Waals surface area contributed by atoms with Crippen LogP contribution in [0, 0.1) is 0 Å². The lowest BCUT2D eigenvalue weighted by molar-refractivity contribution is 0.102. The van der Waals surface area contributed by atoms with E-state index in [1.807, 2.05) is 78.9 Å². The second-order valence-electron chi connectivity index (χ2n) is 7.06. The molecule has 1 aromatic heterocycles. The molecule has 32 heavy (non-hydrogen) atoms. The highest BCUT2D eigenvalue weighted by atomic mass is 32.2. The molecule has 1 amide bonds. The Morgan fingerprint density at radius 2 is 1.69 bits per heavy atom. The zero-order chi connectivity index (χ0) is 22.3. The maximum atomic E-state index is 12.4. The highest BCUT2D eigenvalue weighted by Gasteiger charge is 2.16. The largest absolute Gasteiger partial charge is 0.496 e. The lowest BCUT2D eigenvalue weighted by atomic mass is 10.1. The lowest BCUT2D eigenvalue weighted by Gasteiger charge is -2.10. The number of carbonyl (C=O) groups is 1. The van der Waals surface area contributed by atoms with E-state index in [4.69, 9.17) is 4.74 Å². The number of nitrogens with one attached hydrogen (secondary N) is 1. The van der Waals surface area contributed by atoms with E-state index in [0.29, 0.717) is 5.56 Å². The monoisotopic (exact) mass is 444 g/mol. The van der Waals surface area contributed by atoms with Crippen LogP contribution in [-0.2, 0) is 12.3 Å². The maximum Gasteiger partial charge on any atom is 0.255 e. The van der Waals surface area contributed by atoms with Gasteiger partial charge >= 0.3 is 0 Å². The first-order valence-electron chi connectivity index (χ1n) is 10.3. The van der Waals surface area contributed by atoms with Crippen LogP contribution in [0.1, 0.15) is 22.8 Å². The maximum absolute atomic E-state index is 12.4. The fraction of sp³-hybridized carbons (Fsp3) is 0.160. The fourth-order valence-corrected chi connectivity index (χ4v) is 4.29. The summed E-state index contributed by atoms with van der Waals surface area (Å²) in [5.74, 6) is 2.17. The molecule has 7 heteroatoms. The molecular formula is C25H24N4O2S. The molecule has 0 unspecified atom stereocenters. The molecule has 3 aromatic carbocycles. The summed E-state index contributed by atoms with van der Waals surface area (Å²) in [6, 6.07) is 24.9. The molecule has 4 aromatic rings. The Labute approximate surface area is 191 Å². The summed E-state index contributed by atoms with van der Waals surface area (Å²) in [5.41, 5.74) is 3.43. The predicted octanol–water partition coefficient (Wildman–Crippen LogP) is 5.52. The molecule has 0 aliphatic rings. The van der Waals surface area contributed by atoms with Crippen molar-refractivity contribution in [3.63, 3.8) is 0 Å². The summed E-state index contributed by atoms with van der Waals surface area (Å²) < 4.78 is 7.57. The van der Waals surface area contributed by atoms with E-state index < -0.39 is 0 Å². The number of methoxy groups -OCH3 is 1. The summed E-state index contributed by atoms with van der Waals surface area (Å²) in [6.45, 7) is 2.83. The SMILES string of the molecule is CCn1c(SCc2ccc(C(=O)Nc3ccccc3)cc2)nnc1-c1ccccc1OC. The summed E-state index contributed by atoms with van der Waals surface area (Å²) in [5, 5.41) is 12.6. The number of para-hydroxylation sites is 2. The van der Waals surface area contributed by atoms with Gasteiger partial charge < -0.3 is 14.6 Å². The van der Waals surface area contributed by atoms with Crippen molar-refractivity contribution in [2.75, 3.05) is 12.4 Å². The Kier molecular flexibility index (Phi) is 6.87. The molecule has 0 fully saturated rings. The van der Waals surface area contributed by atoms with E-state index in [9.17, 15) is 4.79 Å². The van der Waals surface area contributed by atoms with E-state index in [2.05, 4.69) is 27.0 Å². The van der Waals surface area contributed by atoms with E-state index in [0.717, 1.165) is 45.8 Å². The Morgan fingerprint density at radius 1 is 0.969 bits per heavy atom. The van der Waals surface area contributed by atoms with Gasteiger partial charge in [-0.15, -0.1) is 10.2 Å². The zero-order valence-corrected chi connectivity index (χ0v) is 18.8. The molecule has 0 saturated heterocycles. The van der Waals surface area contributed by atoms with Gasteiger partial charge in [-0.1, -0.05) is 54.2 Å². The van der Waals surface area contributed by atoms with Crippen LogP contribution in [0.5, 0.6) is 5.75 Å². The van der Waals surface area contributed by atoms with Gasteiger partial charge in [-0.05, 0) is 48.9 Å². The Morgan fingerprint density at radius 3 is 2.41 bits per heavy atom. The molecule has 0 saturated carbocycles. The Hall–Kier alpha value is -3.58. The Balaban J connectivity index is 1.44. The molecule has 4 rings (SSSR count). The number of amides is 1. The van der Waals surface area contributed by atoms with Crippen molar-refractivity contribution in [1.82, 2.24) is 14.8 Å². The molecule has 0 aliphatic heterocycles. The van der Waals surface area contributed by atoms with Crippen LogP contribution < -0.4 is 10.1 Å². The number of thioether (sulfide) groups is 1. The van der Waals surface area contributed by atoms with Crippen LogP contribution in [0.15, 0.2) is 84.0 Å². The van der Waals surface area contributed by atoms with Gasteiger partial charge in [0.15, 0.2) is 11.0 Å². The van der Waals surface area contributed by atoms with Gasteiger partial charge in [-0.3, -0.25) is 4.79 Å². The molecule has 0 radical (unpaired) electrons. The standard InChI is InChI=1S/C25H24N4O2S/c1-3-29-23(21-11-7-8-12-22(21)31-2)27-28-25(29)32-17-18-13-15-19(16-14-18)24(30)26-20-9-5-4-6-10-20/h4-16H,3,17H2,1-2H3,(H,26,30). The van der Waals surface area contributed by atoms with Gasteiger partial charge in [0.25, 0.3) is 5.91 Å². The average molecular weight is 445 g/mol. The predicted molar refractivity (Wildman–Crippen MR) is 128 cm³/mol. The number of hydrogen-bond acceptors (Lipinski definition) is 5. The fourth-order valence-electron chi connectivity index (χ4n) is 3.33. The second kappa shape index (κ2) is 10.2. The number of ether oxygens (including phenoxy) is 1. The van der Waals surface area contributed by atoms with Gasteiger partial charge in [0, 0.05) is 23.5 Å². The van der Waals surface area contributed by atoms with E-state index >= 15 is 0 Å². The van der Waals surface area contributed by atoms with E-state index in [-0.39, 0.29) is 5.91 Å². The first-order valence-corrected chi connectivity index (χ1v) is 11.3. The molecule has 0 spiro atoms. The van der Waals surface area contributed by atoms with Crippen molar-refractivity contribution in [3.8, 4) is 17.1 Å². The number of rotatable bonds is 8. The molecule has 0 atom stereocenters. The molecular weight excluding hydrogens is 420 g/mol. The third-order valence-electron chi connectivity index (χ3n) is 5.00. The van der Waals surface area contributed by atoms with Gasteiger partial charge in [0.1, 0.15) is 5.75 Å². The van der Waals surface area contributed by atoms with Crippen LogP contribution in [0.2, 0.25) is 0 Å². The number of aromatic nitrogens is 3. The van der Waals surface area contributed by atoms with Crippen LogP contribution in [0.25, 0.3) is 11.4 Å². The third kappa shape index (κ3) is 4.84. The number of hydrogen-bond donors (Lipinski definition) is 1. The number of carbonyl (C=O) groups excluding carboxylic acids is 1. The second-order valence-corrected chi connectivity index (χ2v) is 8.00. The van der Waals surface area contributed by atoms with Crippen molar-refractivity contribution in [3.05, 3.63) is 90.0 Å². The smallest absolute Gasteiger partial charge is 0.255 e. The summed E-state index contributed by atoms with van der Waals surface area (Å²) in [4.78, 5) is 12.4. The number of benzene rings is 3. The summed E-state index contributed by atoms with van der Waals surface area (Å²) >= 11 is 1.62. The minimum atomic E-state index is -0.123. The van der Waals surface area contributed by atoms with Crippen molar-refractivity contribution >= 4 is 23.4 Å². The summed E-state index contributed by atoms with van der Waals surface area (Å²) in [7, 11) is 1.66. The van der Waals surface area contributed by atoms with E-state index in [1.54, 1.807) is 18.9 Å². The quantitative estimate of drug-likeness (QED) is 0.363. The van der Waals surface area contributed by atoms with Gasteiger partial charge in [0.05, 0.1) is 12.7 Å². The van der Waals surface area contributed by atoms with Gasteiger partial charge in [-0.25, -0.2) is 0 Å². The molecule has 1 heterocycles. The van der Waals surface area contributed by atoms with Crippen molar-refractivity contribution in [1.29, 1.82) is 0 Å². The van der Waals surface area contributed by atoms with Crippen molar-refractivity contribution in [2.45, 2.75) is 24.4 Å². The molecule has 0 bridgehead atoms. The first-order chi connectivity index (χ1) is 15.7. The highest BCUT2D eigenvalue weighted by Crippen LogP contribution is 2.31. The van der Waals surface area contributed by atoms with Crippen molar-refractivity contribution in [2.24, 2.45) is 0 Å². The Bertz CT molecular complexity index is 1190. The van der Waals surface area contributed by atoms with Crippen LogP contribution in [-0.4, -0.2) is 27.8 Å². The third-order valence-corrected chi connectivity index (χ3v) is 6.03. The van der Waals surface area contributed by atoms with E-state index in [1.165, 1.54) is 0 Å². The lowest BCUT2D eigenvalue weighted by Crippen LogP contribution is -2.11. The van der Waals surface area contributed by atoms with Crippen LogP contribution in [0.3, 0.4) is 0 Å². The van der Waals surface area contributed by atoms with Crippen LogP contribution >= 0.6 is 11.8 Å². The van der Waals surface area contributed by atoms with Gasteiger partial charge in [0.2, 0.25) is 0 Å². The highest BCUT2D eigenvalue weighted by molar-refractivity contribution is 7.98. The minimum Gasteiger partial charge on any atom is -0.496 e. The average Bonchev–Trinajstić information content (AvgIpc) is 3.26. The number of anilines is 1. The van der Waals surface area contributed by atoms with Gasteiger partial charge in [-0.2, -0.15) is 0 Å². The zero-order valence-electron chi connectivity index (χ0n) is 18.0. The molecule has 6 nitrogen and oxygen atoms in total. The van der Waals surface area contributed by atoms with Crippen molar-refractivity contribution < 1.29 is 9.53 Å². The first kappa shape index (κ1) is 21.6. The summed E-state index contributed by atoms with van der Waals surface area (Å²) in [6.07, 6.45) is 0. The minimum absolute atomic E-state index is 0.123. The van der Waals surface area contributed by atoms with Crippen LogP contribution in [0.4, 0.5) is 5.69 Å². The molecule has 1 N–H and O–H groups in total. The normalized spacial score (nSPS) is 10.7.